The van der Waals surface area contributed by atoms with Crippen LogP contribution >= 0.6 is 0 Å². The van der Waals surface area contributed by atoms with Gasteiger partial charge in [-0.3, -0.25) is 4.79 Å². The Labute approximate surface area is 203 Å². The number of aromatic hydroxyl groups is 2. The number of Topliss-reactive ketones (excluding diaryl/α,β-unsaturated/α-hetero) is 1. The Bertz CT molecular complexity index is 970. The fourth-order valence-corrected chi connectivity index (χ4v) is 6.73. The van der Waals surface area contributed by atoms with Gasteiger partial charge in [0.25, 0.3) is 0 Å². The lowest BCUT2D eigenvalue weighted by Crippen LogP contribution is -2.60. The Kier molecular flexibility index (Phi) is 6.26. The van der Waals surface area contributed by atoms with Gasteiger partial charge < -0.3 is 24.8 Å². The zero-order valence-electron chi connectivity index (χ0n) is 21.8. The Morgan fingerprint density at radius 2 is 1.82 bits per heavy atom. The molecular weight excluding hydrogens is 432 g/mol. The molecule has 0 aromatic heterocycles. The lowest BCUT2D eigenvalue weighted by molar-refractivity contribution is -0.202. The normalized spacial score (nSPS) is 36.2. The van der Waals surface area contributed by atoms with Gasteiger partial charge in [0, 0.05) is 34.3 Å². The number of carbonyl (C=O) groups excluding carboxylic acids is 1. The van der Waals surface area contributed by atoms with Gasteiger partial charge in [0.05, 0.1) is 17.8 Å². The number of hydrogen-bond acceptors (Lipinski definition) is 6. The molecule has 1 saturated heterocycles. The summed E-state index contributed by atoms with van der Waals surface area (Å²) in [5.41, 5.74) is -0.394. The van der Waals surface area contributed by atoms with E-state index in [1.165, 1.54) is 0 Å². The summed E-state index contributed by atoms with van der Waals surface area (Å²) in [6.07, 6.45) is 3.70. The molecule has 6 nitrogen and oxygen atoms in total. The molecule has 0 radical (unpaired) electrons. The van der Waals surface area contributed by atoms with E-state index in [0.717, 1.165) is 25.7 Å². The van der Waals surface area contributed by atoms with Crippen LogP contribution in [0.3, 0.4) is 0 Å². The minimum absolute atomic E-state index is 0.0222. The summed E-state index contributed by atoms with van der Waals surface area (Å²) in [4.78, 5) is 12.8. The second-order valence-corrected chi connectivity index (χ2v) is 12.1. The molecule has 0 spiro atoms. The summed E-state index contributed by atoms with van der Waals surface area (Å²) in [5, 5.41) is 33.0. The number of benzene rings is 1. The fraction of sp³-hybridized carbons (Fsp3) is 0.750. The molecule has 7 atom stereocenters. The molecule has 0 unspecified atom stereocenters. The molecule has 1 aromatic carbocycles. The van der Waals surface area contributed by atoms with Crippen molar-refractivity contribution in [3.8, 4) is 17.2 Å². The van der Waals surface area contributed by atoms with Crippen LogP contribution in [-0.2, 0) is 16.0 Å². The van der Waals surface area contributed by atoms with Crippen LogP contribution in [0.15, 0.2) is 6.07 Å². The van der Waals surface area contributed by atoms with Gasteiger partial charge in [-0.05, 0) is 65.4 Å². The SMILES string of the molecule is CC[C@@H](C)C(=O)[C@@H](C)c1cc(O)c2c(c1O)O[C@@]1(C)CC[C@H]3OC(C)(C)[C@@H](O)CC[C@]3(C)[C@H]1C2. The number of fused-ring (bicyclic) bond motifs is 4. The molecule has 34 heavy (non-hydrogen) atoms. The van der Waals surface area contributed by atoms with Crippen LogP contribution in [0, 0.1) is 17.3 Å². The fourth-order valence-electron chi connectivity index (χ4n) is 6.73. The van der Waals surface area contributed by atoms with Crippen LogP contribution < -0.4 is 4.74 Å². The maximum Gasteiger partial charge on any atom is 0.168 e. The van der Waals surface area contributed by atoms with Crippen molar-refractivity contribution in [2.75, 3.05) is 0 Å². The monoisotopic (exact) mass is 474 g/mol. The van der Waals surface area contributed by atoms with Crippen LogP contribution in [0.5, 0.6) is 17.2 Å². The molecule has 4 rings (SSSR count). The Morgan fingerprint density at radius 1 is 1.15 bits per heavy atom. The van der Waals surface area contributed by atoms with Crippen molar-refractivity contribution in [3.05, 3.63) is 17.2 Å². The summed E-state index contributed by atoms with van der Waals surface area (Å²) >= 11 is 0. The zero-order chi connectivity index (χ0) is 25.2. The largest absolute Gasteiger partial charge is 0.508 e. The summed E-state index contributed by atoms with van der Waals surface area (Å²) in [6, 6.07) is 1.55. The number of hydrogen-bond donors (Lipinski definition) is 3. The van der Waals surface area contributed by atoms with E-state index >= 15 is 0 Å². The van der Waals surface area contributed by atoms with E-state index in [2.05, 4.69) is 13.8 Å². The van der Waals surface area contributed by atoms with E-state index in [0.29, 0.717) is 29.7 Å². The highest BCUT2D eigenvalue weighted by Gasteiger charge is 2.60. The number of rotatable bonds is 4. The number of ketones is 1. The minimum atomic E-state index is -0.614. The van der Waals surface area contributed by atoms with Crippen molar-refractivity contribution in [2.45, 2.75) is 116 Å². The maximum atomic E-state index is 12.8. The molecule has 6 heteroatoms. The summed E-state index contributed by atoms with van der Waals surface area (Å²) in [7, 11) is 0. The lowest BCUT2D eigenvalue weighted by Gasteiger charge is -2.57. The second kappa shape index (κ2) is 8.41. The number of aliphatic hydroxyl groups excluding tert-OH is 1. The molecule has 0 amide bonds. The number of carbonyl (C=O) groups is 1. The van der Waals surface area contributed by atoms with E-state index in [4.69, 9.17) is 9.47 Å². The molecule has 2 aliphatic heterocycles. The van der Waals surface area contributed by atoms with Gasteiger partial charge in [-0.15, -0.1) is 0 Å². The van der Waals surface area contributed by atoms with Crippen LogP contribution in [-0.4, -0.2) is 44.5 Å². The van der Waals surface area contributed by atoms with E-state index in [1.54, 1.807) is 13.0 Å². The molecule has 3 aliphatic rings. The van der Waals surface area contributed by atoms with Crippen molar-refractivity contribution in [2.24, 2.45) is 17.3 Å². The number of phenolic OH excluding ortho intramolecular Hbond substituents is 2. The number of aliphatic hydroxyl groups is 1. The molecule has 2 fully saturated rings. The van der Waals surface area contributed by atoms with Crippen molar-refractivity contribution in [1.29, 1.82) is 0 Å². The summed E-state index contributed by atoms with van der Waals surface area (Å²) in [5.74, 6) is -0.223. The molecule has 3 N–H and O–H groups in total. The molecule has 1 aliphatic carbocycles. The van der Waals surface area contributed by atoms with E-state index in [-0.39, 0.29) is 40.6 Å². The van der Waals surface area contributed by atoms with Crippen molar-refractivity contribution in [1.82, 2.24) is 0 Å². The Hall–Kier alpha value is -1.79. The average Bonchev–Trinajstić information content (AvgIpc) is 2.88. The second-order valence-electron chi connectivity index (χ2n) is 12.1. The van der Waals surface area contributed by atoms with E-state index < -0.39 is 23.2 Å². The summed E-state index contributed by atoms with van der Waals surface area (Å²) < 4.78 is 13.1. The first kappa shape index (κ1) is 25.3. The van der Waals surface area contributed by atoms with E-state index in [9.17, 15) is 20.1 Å². The minimum Gasteiger partial charge on any atom is -0.508 e. The highest BCUT2D eigenvalue weighted by Crippen LogP contribution is 2.60. The van der Waals surface area contributed by atoms with Gasteiger partial charge in [0.2, 0.25) is 0 Å². The number of ether oxygens (including phenoxy) is 2. The molecular formula is C28H42O6. The van der Waals surface area contributed by atoms with Gasteiger partial charge in [-0.2, -0.15) is 0 Å². The molecule has 2 heterocycles. The standard InChI is InChI=1S/C28H42O6/c1-8-15(2)23(31)16(3)17-13-19(29)18-14-20-27(6)11-9-21(30)26(4,5)33-22(27)10-12-28(20,7)34-25(18)24(17)32/h13,15-16,20-22,29-30,32H,8-12,14H2,1-7H3/t15-,16+,20-,21+,22-,27-,28+/m1/s1. The van der Waals surface area contributed by atoms with Gasteiger partial charge in [0.15, 0.2) is 11.5 Å². The van der Waals surface area contributed by atoms with Crippen LogP contribution in [0.25, 0.3) is 0 Å². The van der Waals surface area contributed by atoms with E-state index in [1.807, 2.05) is 27.7 Å². The Balaban J connectivity index is 1.74. The van der Waals surface area contributed by atoms with Crippen molar-refractivity contribution >= 4 is 5.78 Å². The highest BCUT2D eigenvalue weighted by atomic mass is 16.5. The summed E-state index contributed by atoms with van der Waals surface area (Å²) in [6.45, 7) is 13.9. The quantitative estimate of drug-likeness (QED) is 0.516. The maximum absolute atomic E-state index is 12.8. The first-order chi connectivity index (χ1) is 15.7. The number of phenols is 2. The van der Waals surface area contributed by atoms with Crippen molar-refractivity contribution < 1.29 is 29.6 Å². The first-order valence-corrected chi connectivity index (χ1v) is 12.9. The first-order valence-electron chi connectivity index (χ1n) is 12.9. The average molecular weight is 475 g/mol. The van der Waals surface area contributed by atoms with Crippen LogP contribution in [0.4, 0.5) is 0 Å². The van der Waals surface area contributed by atoms with Gasteiger partial charge >= 0.3 is 0 Å². The predicted octanol–water partition coefficient (Wildman–Crippen LogP) is 5.24. The molecule has 1 saturated carbocycles. The third-order valence-electron chi connectivity index (χ3n) is 9.48. The van der Waals surface area contributed by atoms with Crippen LogP contribution in [0.2, 0.25) is 0 Å². The third kappa shape index (κ3) is 3.81. The van der Waals surface area contributed by atoms with Gasteiger partial charge in [0.1, 0.15) is 17.1 Å². The molecule has 1 aromatic rings. The molecule has 0 bridgehead atoms. The van der Waals surface area contributed by atoms with Crippen LogP contribution in [0.1, 0.15) is 97.6 Å². The smallest absolute Gasteiger partial charge is 0.168 e. The predicted molar refractivity (Wildman–Crippen MR) is 130 cm³/mol. The Morgan fingerprint density at radius 3 is 2.47 bits per heavy atom. The van der Waals surface area contributed by atoms with Gasteiger partial charge in [-0.1, -0.05) is 27.7 Å². The highest BCUT2D eigenvalue weighted by molar-refractivity contribution is 5.88. The lowest BCUT2D eigenvalue weighted by atomic mass is 9.55. The topological polar surface area (TPSA) is 96.2 Å². The molecule has 190 valence electrons. The van der Waals surface area contributed by atoms with Crippen molar-refractivity contribution in [3.63, 3.8) is 0 Å². The third-order valence-corrected chi connectivity index (χ3v) is 9.48. The zero-order valence-corrected chi connectivity index (χ0v) is 21.8. The van der Waals surface area contributed by atoms with Gasteiger partial charge in [-0.25, -0.2) is 0 Å².